The molecule has 12 heavy (non-hydrogen) atoms. The van der Waals surface area contributed by atoms with Crippen molar-refractivity contribution in [3.63, 3.8) is 0 Å². The fourth-order valence-electron chi connectivity index (χ4n) is 0.870. The van der Waals surface area contributed by atoms with E-state index in [0.717, 1.165) is 0 Å². The normalized spacial score (nSPS) is 9.42. The zero-order valence-corrected chi connectivity index (χ0v) is 7.17. The van der Waals surface area contributed by atoms with E-state index in [4.69, 9.17) is 0 Å². The number of hydrogen-bond acceptors (Lipinski definition) is 3. The molecule has 0 amide bonds. The lowest BCUT2D eigenvalue weighted by Gasteiger charge is -1.99. The Labute approximate surface area is 76.0 Å². The van der Waals surface area contributed by atoms with Crippen molar-refractivity contribution in [2.75, 3.05) is 0 Å². The van der Waals surface area contributed by atoms with Crippen LogP contribution in [0.25, 0.3) is 0 Å². The van der Waals surface area contributed by atoms with Gasteiger partial charge >= 0.3 is 0 Å². The zero-order valence-electron chi connectivity index (χ0n) is 6.28. The van der Waals surface area contributed by atoms with Crippen molar-refractivity contribution in [3.05, 3.63) is 29.8 Å². The van der Waals surface area contributed by atoms with Gasteiger partial charge in [-0.05, 0) is 6.07 Å². The smallest absolute Gasteiger partial charge is 0.206 e. The van der Waals surface area contributed by atoms with E-state index >= 15 is 0 Å². The average molecular weight is 179 g/mol. The van der Waals surface area contributed by atoms with E-state index in [9.17, 15) is 9.59 Å². The molecule has 0 aliphatic rings. The lowest BCUT2D eigenvalue weighted by atomic mass is 10.1. The first-order chi connectivity index (χ1) is 5.75. The summed E-state index contributed by atoms with van der Waals surface area (Å²) in [6.07, 6.45) is 1.36. The number of Topliss-reactive ketones (excluding diaryl/α,β-unsaturated/α-hetero) is 1. The molecule has 0 unspecified atom stereocenters. The Bertz CT molecular complexity index is 307. The van der Waals surface area contributed by atoms with Crippen LogP contribution in [0, 0.1) is 0 Å². The minimum Gasteiger partial charge on any atom is -0.294 e. The standard InChI is InChI=1S/C9H7O2S/c10-6-5-8(11)7-3-1-2-4-9(7)12/h1-4,12H,5H2. The highest BCUT2D eigenvalue weighted by Gasteiger charge is 2.07. The van der Waals surface area contributed by atoms with Crippen LogP contribution in [0.1, 0.15) is 16.8 Å². The predicted octanol–water partition coefficient (Wildman–Crippen LogP) is 1.66. The average Bonchev–Trinajstić information content (AvgIpc) is 2.05. The van der Waals surface area contributed by atoms with Crippen LogP contribution >= 0.6 is 12.6 Å². The maximum atomic E-state index is 11.2. The van der Waals surface area contributed by atoms with Crippen molar-refractivity contribution in [3.8, 4) is 0 Å². The summed E-state index contributed by atoms with van der Waals surface area (Å²) < 4.78 is 0. The number of carbonyl (C=O) groups is 1. The summed E-state index contributed by atoms with van der Waals surface area (Å²) >= 11 is 4.08. The number of benzene rings is 1. The monoisotopic (exact) mass is 179 g/mol. The molecule has 0 fully saturated rings. The third-order valence-electron chi connectivity index (χ3n) is 1.44. The largest absolute Gasteiger partial charge is 0.294 e. The zero-order chi connectivity index (χ0) is 8.97. The van der Waals surface area contributed by atoms with E-state index in [1.807, 2.05) is 0 Å². The molecule has 0 N–H and O–H groups in total. The Morgan fingerprint density at radius 2 is 2.08 bits per heavy atom. The van der Waals surface area contributed by atoms with Crippen molar-refractivity contribution in [2.45, 2.75) is 11.3 Å². The number of ketones is 1. The van der Waals surface area contributed by atoms with E-state index < -0.39 is 0 Å². The topological polar surface area (TPSA) is 34.1 Å². The second-order valence-electron chi connectivity index (χ2n) is 2.26. The predicted molar refractivity (Wildman–Crippen MR) is 48.3 cm³/mol. The quantitative estimate of drug-likeness (QED) is 0.435. The van der Waals surface area contributed by atoms with Crippen molar-refractivity contribution < 1.29 is 9.59 Å². The molecular weight excluding hydrogens is 172 g/mol. The summed E-state index contributed by atoms with van der Waals surface area (Å²) in [5, 5.41) is 0. The van der Waals surface area contributed by atoms with Gasteiger partial charge in [-0.2, -0.15) is 0 Å². The van der Waals surface area contributed by atoms with Gasteiger partial charge in [0.05, 0.1) is 6.42 Å². The second kappa shape index (κ2) is 4.07. The van der Waals surface area contributed by atoms with E-state index in [1.54, 1.807) is 30.6 Å². The van der Waals surface area contributed by atoms with Gasteiger partial charge in [-0.1, -0.05) is 18.2 Å². The Hall–Kier alpha value is -1.09. The van der Waals surface area contributed by atoms with Crippen LogP contribution in [0.4, 0.5) is 0 Å². The van der Waals surface area contributed by atoms with Crippen molar-refractivity contribution in [1.29, 1.82) is 0 Å². The molecule has 2 nitrogen and oxygen atoms in total. The van der Waals surface area contributed by atoms with Crippen LogP contribution in [0.3, 0.4) is 0 Å². The van der Waals surface area contributed by atoms with E-state index in [-0.39, 0.29) is 12.2 Å². The van der Waals surface area contributed by atoms with E-state index in [0.29, 0.717) is 10.5 Å². The fraction of sp³-hybridized carbons (Fsp3) is 0.111. The molecule has 0 saturated carbocycles. The molecule has 1 aromatic carbocycles. The van der Waals surface area contributed by atoms with Crippen molar-refractivity contribution in [1.82, 2.24) is 0 Å². The minimum absolute atomic E-state index is 0.197. The van der Waals surface area contributed by atoms with Gasteiger partial charge in [0.25, 0.3) is 0 Å². The molecule has 61 valence electrons. The first-order valence-electron chi connectivity index (χ1n) is 3.42. The fourth-order valence-corrected chi connectivity index (χ4v) is 1.16. The Balaban J connectivity index is 2.94. The van der Waals surface area contributed by atoms with E-state index in [1.165, 1.54) is 0 Å². The first-order valence-corrected chi connectivity index (χ1v) is 3.86. The summed E-state index contributed by atoms with van der Waals surface area (Å²) in [7, 11) is 0. The summed E-state index contributed by atoms with van der Waals surface area (Å²) in [5.74, 6) is -0.240. The Kier molecular flexibility index (Phi) is 3.05. The van der Waals surface area contributed by atoms with Gasteiger partial charge in [0.1, 0.15) is 0 Å². The van der Waals surface area contributed by atoms with Crippen molar-refractivity contribution >= 4 is 24.7 Å². The molecule has 0 bridgehead atoms. The molecule has 0 saturated heterocycles. The van der Waals surface area contributed by atoms with Gasteiger partial charge < -0.3 is 0 Å². The highest BCUT2D eigenvalue weighted by atomic mass is 32.1. The molecule has 0 aliphatic heterocycles. The van der Waals surface area contributed by atoms with Crippen LogP contribution in [0.2, 0.25) is 0 Å². The molecule has 1 aromatic rings. The maximum absolute atomic E-state index is 11.2. The molecule has 0 aromatic heterocycles. The Morgan fingerprint density at radius 1 is 1.42 bits per heavy atom. The number of thiol groups is 1. The highest BCUT2D eigenvalue weighted by Crippen LogP contribution is 2.13. The minimum atomic E-state index is -0.240. The summed E-state index contributed by atoms with van der Waals surface area (Å²) in [6.45, 7) is 0. The summed E-state index contributed by atoms with van der Waals surface area (Å²) in [5.41, 5.74) is 0.476. The van der Waals surface area contributed by atoms with Crippen LogP contribution in [-0.2, 0) is 4.79 Å². The molecule has 0 atom stereocenters. The maximum Gasteiger partial charge on any atom is 0.206 e. The van der Waals surface area contributed by atoms with Crippen LogP contribution in [-0.4, -0.2) is 12.1 Å². The highest BCUT2D eigenvalue weighted by molar-refractivity contribution is 7.80. The summed E-state index contributed by atoms with van der Waals surface area (Å²) in [4.78, 5) is 21.7. The first kappa shape index (κ1) is 9.00. The van der Waals surface area contributed by atoms with Gasteiger partial charge in [-0.25, -0.2) is 0 Å². The van der Waals surface area contributed by atoms with Gasteiger partial charge in [-0.3, -0.25) is 9.59 Å². The second-order valence-corrected chi connectivity index (χ2v) is 2.74. The molecule has 1 radical (unpaired) electrons. The third-order valence-corrected chi connectivity index (χ3v) is 1.83. The van der Waals surface area contributed by atoms with Crippen LogP contribution in [0.15, 0.2) is 29.2 Å². The molecule has 0 heterocycles. The molecule has 1 rings (SSSR count). The number of hydrogen-bond donors (Lipinski definition) is 1. The van der Waals surface area contributed by atoms with Gasteiger partial charge in [-0.15, -0.1) is 12.6 Å². The molecule has 0 aliphatic carbocycles. The number of rotatable bonds is 3. The van der Waals surface area contributed by atoms with Crippen molar-refractivity contribution in [2.24, 2.45) is 0 Å². The third kappa shape index (κ3) is 1.95. The lowest BCUT2D eigenvalue weighted by molar-refractivity contribution is 0.0997. The summed E-state index contributed by atoms with van der Waals surface area (Å²) in [6, 6.07) is 6.87. The van der Waals surface area contributed by atoms with Crippen LogP contribution < -0.4 is 0 Å². The van der Waals surface area contributed by atoms with Gasteiger partial charge in [0.15, 0.2) is 5.78 Å². The number of carbonyl (C=O) groups excluding carboxylic acids is 2. The van der Waals surface area contributed by atoms with Gasteiger partial charge in [0, 0.05) is 10.5 Å². The van der Waals surface area contributed by atoms with Crippen LogP contribution in [0.5, 0.6) is 0 Å². The molecular formula is C9H7O2S. The SMILES string of the molecule is O=[C]CC(=O)c1ccccc1S. The van der Waals surface area contributed by atoms with E-state index in [2.05, 4.69) is 12.6 Å². The Morgan fingerprint density at radius 3 is 2.67 bits per heavy atom. The lowest BCUT2D eigenvalue weighted by Crippen LogP contribution is -2.00. The van der Waals surface area contributed by atoms with Gasteiger partial charge in [0.2, 0.25) is 6.29 Å². The molecule has 3 heteroatoms. The molecule has 0 spiro atoms.